The van der Waals surface area contributed by atoms with E-state index in [4.69, 9.17) is 16.3 Å². The van der Waals surface area contributed by atoms with Gasteiger partial charge in [0.1, 0.15) is 0 Å². The van der Waals surface area contributed by atoms with Crippen LogP contribution in [0.15, 0.2) is 42.6 Å². The number of halogens is 1. The van der Waals surface area contributed by atoms with Crippen LogP contribution in [-0.2, 0) is 9.53 Å². The number of hydrogen-bond donors (Lipinski definition) is 1. The van der Waals surface area contributed by atoms with Crippen molar-refractivity contribution in [3.05, 3.63) is 58.9 Å². The third kappa shape index (κ3) is 4.79. The lowest BCUT2D eigenvalue weighted by Crippen LogP contribution is -2.21. The van der Waals surface area contributed by atoms with E-state index in [9.17, 15) is 9.59 Å². The van der Waals surface area contributed by atoms with Gasteiger partial charge in [0.25, 0.3) is 5.91 Å². The Bertz CT molecular complexity index is 699. The second kappa shape index (κ2) is 7.74. The predicted molar refractivity (Wildman–Crippen MR) is 88.7 cm³/mol. The summed E-state index contributed by atoms with van der Waals surface area (Å²) >= 11 is 5.83. The Kier molecular flexibility index (Phi) is 5.71. The van der Waals surface area contributed by atoms with E-state index in [-0.39, 0.29) is 5.15 Å². The van der Waals surface area contributed by atoms with Crippen molar-refractivity contribution in [2.24, 2.45) is 0 Å². The van der Waals surface area contributed by atoms with Crippen LogP contribution >= 0.6 is 11.6 Å². The molecule has 1 amide bonds. The number of nitrogens with zero attached hydrogens (tertiary/aromatic N) is 1. The van der Waals surface area contributed by atoms with Crippen molar-refractivity contribution in [3.8, 4) is 0 Å². The molecule has 0 fully saturated rings. The smallest absolute Gasteiger partial charge is 0.338 e. The van der Waals surface area contributed by atoms with E-state index in [1.54, 1.807) is 24.3 Å². The first-order chi connectivity index (χ1) is 11.0. The summed E-state index contributed by atoms with van der Waals surface area (Å²) in [6.07, 6.45) is 1.51. The first kappa shape index (κ1) is 17.0. The Labute approximate surface area is 139 Å². The molecule has 0 saturated carbocycles. The van der Waals surface area contributed by atoms with E-state index in [1.807, 2.05) is 12.1 Å². The molecule has 5 nitrogen and oxygen atoms in total. The molecule has 23 heavy (non-hydrogen) atoms. The summed E-state index contributed by atoms with van der Waals surface area (Å²) in [5.74, 6) is -0.644. The van der Waals surface area contributed by atoms with Crippen LogP contribution < -0.4 is 5.32 Å². The molecular formula is C17H17ClN2O3. The lowest BCUT2D eigenvalue weighted by molar-refractivity contribution is -0.119. The number of pyridine rings is 1. The number of aromatic nitrogens is 1. The molecule has 120 valence electrons. The second-order valence-corrected chi connectivity index (χ2v) is 5.60. The van der Waals surface area contributed by atoms with E-state index in [0.717, 1.165) is 5.56 Å². The third-order valence-electron chi connectivity index (χ3n) is 3.18. The minimum absolute atomic E-state index is 0.177. The van der Waals surface area contributed by atoms with Gasteiger partial charge in [0.2, 0.25) is 0 Å². The van der Waals surface area contributed by atoms with Gasteiger partial charge in [-0.25, -0.2) is 9.78 Å². The molecule has 1 heterocycles. The fourth-order valence-electron chi connectivity index (χ4n) is 1.88. The lowest BCUT2D eigenvalue weighted by Gasteiger charge is -2.08. The highest BCUT2D eigenvalue weighted by atomic mass is 35.5. The Morgan fingerprint density at radius 2 is 1.91 bits per heavy atom. The van der Waals surface area contributed by atoms with Crippen LogP contribution in [-0.4, -0.2) is 23.5 Å². The summed E-state index contributed by atoms with van der Waals surface area (Å²) in [5, 5.41) is 2.71. The highest BCUT2D eigenvalue weighted by Crippen LogP contribution is 2.17. The minimum Gasteiger partial charge on any atom is -0.452 e. The summed E-state index contributed by atoms with van der Waals surface area (Å²) in [7, 11) is 0. The molecule has 6 heteroatoms. The standard InChI is InChI=1S/C17H17ClN2O3/c1-11(2)12-5-7-13(8-6-12)17(22)23-10-15(21)20-14-4-3-9-19-16(14)18/h3-9,11H,10H2,1-2H3,(H,20,21). The van der Waals surface area contributed by atoms with Gasteiger partial charge in [-0.3, -0.25) is 4.79 Å². The molecule has 0 bridgehead atoms. The van der Waals surface area contributed by atoms with E-state index < -0.39 is 18.5 Å². The molecule has 2 rings (SSSR count). The normalized spacial score (nSPS) is 10.4. The summed E-state index contributed by atoms with van der Waals surface area (Å²) in [6.45, 7) is 3.75. The highest BCUT2D eigenvalue weighted by Gasteiger charge is 2.12. The number of carbonyl (C=O) groups excluding carboxylic acids is 2. The fourth-order valence-corrected chi connectivity index (χ4v) is 2.05. The van der Waals surface area contributed by atoms with Crippen molar-refractivity contribution in [1.29, 1.82) is 0 Å². The van der Waals surface area contributed by atoms with Gasteiger partial charge in [0.15, 0.2) is 11.8 Å². The zero-order valence-corrected chi connectivity index (χ0v) is 13.6. The maximum atomic E-state index is 11.9. The quantitative estimate of drug-likeness (QED) is 0.670. The minimum atomic E-state index is -0.548. The van der Waals surface area contributed by atoms with E-state index in [1.165, 1.54) is 6.20 Å². The van der Waals surface area contributed by atoms with E-state index in [2.05, 4.69) is 24.1 Å². The first-order valence-electron chi connectivity index (χ1n) is 7.15. The largest absolute Gasteiger partial charge is 0.452 e. The number of ether oxygens (including phenoxy) is 1. The van der Waals surface area contributed by atoms with Crippen LogP contribution in [0.25, 0.3) is 0 Å². The van der Waals surface area contributed by atoms with Gasteiger partial charge in [-0.05, 0) is 35.7 Å². The highest BCUT2D eigenvalue weighted by molar-refractivity contribution is 6.32. The monoisotopic (exact) mass is 332 g/mol. The van der Waals surface area contributed by atoms with Gasteiger partial charge in [-0.15, -0.1) is 0 Å². The zero-order valence-electron chi connectivity index (χ0n) is 12.9. The number of amides is 1. The summed E-state index contributed by atoms with van der Waals surface area (Å²) in [6, 6.07) is 10.4. The SMILES string of the molecule is CC(C)c1ccc(C(=O)OCC(=O)Nc2cccnc2Cl)cc1. The molecule has 1 N–H and O–H groups in total. The average Bonchev–Trinajstić information content (AvgIpc) is 2.55. The summed E-state index contributed by atoms with van der Waals surface area (Å²) < 4.78 is 4.99. The molecule has 0 radical (unpaired) electrons. The average molecular weight is 333 g/mol. The van der Waals surface area contributed by atoms with Gasteiger partial charge >= 0.3 is 5.97 Å². The van der Waals surface area contributed by atoms with Crippen molar-refractivity contribution in [2.45, 2.75) is 19.8 Å². The van der Waals surface area contributed by atoms with Crippen molar-refractivity contribution in [2.75, 3.05) is 11.9 Å². The number of anilines is 1. The Morgan fingerprint density at radius 1 is 1.22 bits per heavy atom. The molecule has 0 atom stereocenters. The van der Waals surface area contributed by atoms with Crippen LogP contribution in [0.3, 0.4) is 0 Å². The van der Waals surface area contributed by atoms with Crippen molar-refractivity contribution < 1.29 is 14.3 Å². The molecule has 0 unspecified atom stereocenters. The van der Waals surface area contributed by atoms with Gasteiger partial charge in [-0.2, -0.15) is 0 Å². The van der Waals surface area contributed by atoms with E-state index >= 15 is 0 Å². The second-order valence-electron chi connectivity index (χ2n) is 5.24. The Morgan fingerprint density at radius 3 is 2.52 bits per heavy atom. The molecule has 0 aliphatic carbocycles. The Balaban J connectivity index is 1.88. The van der Waals surface area contributed by atoms with Crippen molar-refractivity contribution >= 4 is 29.2 Å². The zero-order chi connectivity index (χ0) is 16.8. The van der Waals surface area contributed by atoms with Crippen molar-refractivity contribution in [1.82, 2.24) is 4.98 Å². The predicted octanol–water partition coefficient (Wildman–Crippen LogP) is 3.65. The van der Waals surface area contributed by atoms with Crippen LogP contribution in [0.4, 0.5) is 5.69 Å². The maximum Gasteiger partial charge on any atom is 0.338 e. The molecule has 0 aliphatic heterocycles. The molecule has 1 aromatic heterocycles. The van der Waals surface area contributed by atoms with Gasteiger partial charge in [0, 0.05) is 6.20 Å². The van der Waals surface area contributed by atoms with Crippen molar-refractivity contribution in [3.63, 3.8) is 0 Å². The lowest BCUT2D eigenvalue weighted by atomic mass is 10.0. The molecular weight excluding hydrogens is 316 g/mol. The summed E-state index contributed by atoms with van der Waals surface area (Å²) in [4.78, 5) is 27.5. The summed E-state index contributed by atoms with van der Waals surface area (Å²) in [5.41, 5.74) is 1.91. The molecule has 2 aromatic rings. The topological polar surface area (TPSA) is 68.3 Å². The number of carbonyl (C=O) groups is 2. The fraction of sp³-hybridized carbons (Fsp3) is 0.235. The van der Waals surface area contributed by atoms with Crippen LogP contribution in [0.5, 0.6) is 0 Å². The number of benzene rings is 1. The van der Waals surface area contributed by atoms with Crippen LogP contribution in [0, 0.1) is 0 Å². The molecule has 1 aromatic carbocycles. The van der Waals surface area contributed by atoms with E-state index in [0.29, 0.717) is 17.2 Å². The number of esters is 1. The van der Waals surface area contributed by atoms with Crippen LogP contribution in [0.1, 0.15) is 35.7 Å². The molecule has 0 saturated heterocycles. The Hall–Kier alpha value is -2.40. The maximum absolute atomic E-state index is 11.9. The van der Waals surface area contributed by atoms with Gasteiger partial charge < -0.3 is 10.1 Å². The third-order valence-corrected chi connectivity index (χ3v) is 3.48. The van der Waals surface area contributed by atoms with Gasteiger partial charge in [0.05, 0.1) is 11.3 Å². The molecule has 0 spiro atoms. The number of nitrogens with one attached hydrogen (secondary N) is 1. The van der Waals surface area contributed by atoms with Gasteiger partial charge in [-0.1, -0.05) is 37.6 Å². The number of rotatable bonds is 5. The first-order valence-corrected chi connectivity index (χ1v) is 7.52. The molecule has 0 aliphatic rings. The van der Waals surface area contributed by atoms with Crippen LogP contribution in [0.2, 0.25) is 5.15 Å². The number of hydrogen-bond acceptors (Lipinski definition) is 4.